The zero-order valence-electron chi connectivity index (χ0n) is 13.5. The summed E-state index contributed by atoms with van der Waals surface area (Å²) >= 11 is 0. The molecule has 1 amide bonds. The molecule has 0 unspecified atom stereocenters. The van der Waals surface area contributed by atoms with Crippen LogP contribution in [-0.2, 0) is 24.8 Å². The third kappa shape index (κ3) is 5.47. The Morgan fingerprint density at radius 2 is 1.36 bits per heavy atom. The van der Waals surface area contributed by atoms with E-state index in [2.05, 4.69) is 14.8 Å². The second-order valence-corrected chi connectivity index (χ2v) is 8.66. The molecular formula is C15H17N3O5S2. The van der Waals surface area contributed by atoms with Crippen molar-refractivity contribution in [2.45, 2.75) is 11.8 Å². The van der Waals surface area contributed by atoms with Gasteiger partial charge in [0.15, 0.2) is 0 Å². The van der Waals surface area contributed by atoms with Gasteiger partial charge in [0.05, 0.1) is 22.5 Å². The molecule has 2 rings (SSSR count). The fourth-order valence-corrected chi connectivity index (χ4v) is 3.64. The summed E-state index contributed by atoms with van der Waals surface area (Å²) in [5, 5.41) is 2.54. The number of anilines is 3. The van der Waals surface area contributed by atoms with Crippen molar-refractivity contribution >= 4 is 43.0 Å². The monoisotopic (exact) mass is 383 g/mol. The highest BCUT2D eigenvalue weighted by molar-refractivity contribution is 7.93. The standard InChI is InChI=1S/C15H17N3O5S2/c1-11(19)16-12-7-9-13(10-8-12)25(22,23)18-15-6-4-3-5-14(15)17-24(2,20)21/h3-10,17-18H,1-2H3,(H,16,19). The molecule has 0 bridgehead atoms. The Labute approximate surface area is 146 Å². The summed E-state index contributed by atoms with van der Waals surface area (Å²) in [6, 6.07) is 11.6. The molecule has 2 aromatic carbocycles. The van der Waals surface area contributed by atoms with Gasteiger partial charge in [0.2, 0.25) is 15.9 Å². The molecule has 8 nitrogen and oxygen atoms in total. The SMILES string of the molecule is CC(=O)Nc1ccc(S(=O)(=O)Nc2ccccc2NS(C)(=O)=O)cc1. The number of benzene rings is 2. The molecule has 3 N–H and O–H groups in total. The number of rotatable bonds is 6. The highest BCUT2D eigenvalue weighted by Crippen LogP contribution is 2.25. The lowest BCUT2D eigenvalue weighted by Crippen LogP contribution is -2.16. The van der Waals surface area contributed by atoms with E-state index >= 15 is 0 Å². The summed E-state index contributed by atoms with van der Waals surface area (Å²) < 4.78 is 52.3. The predicted molar refractivity (Wildman–Crippen MR) is 96.5 cm³/mol. The molecule has 0 radical (unpaired) electrons. The molecular weight excluding hydrogens is 366 g/mol. The number of hydrogen-bond acceptors (Lipinski definition) is 5. The molecule has 134 valence electrons. The maximum absolute atomic E-state index is 12.5. The molecule has 0 spiro atoms. The Balaban J connectivity index is 2.29. The highest BCUT2D eigenvalue weighted by atomic mass is 32.2. The summed E-state index contributed by atoms with van der Waals surface area (Å²) in [4.78, 5) is 11.0. The van der Waals surface area contributed by atoms with Crippen LogP contribution in [0, 0.1) is 0 Å². The van der Waals surface area contributed by atoms with Crippen molar-refractivity contribution < 1.29 is 21.6 Å². The van der Waals surface area contributed by atoms with Crippen LogP contribution in [-0.4, -0.2) is 29.0 Å². The van der Waals surface area contributed by atoms with Crippen molar-refractivity contribution in [3.63, 3.8) is 0 Å². The molecule has 0 fully saturated rings. The largest absolute Gasteiger partial charge is 0.326 e. The fourth-order valence-electron chi connectivity index (χ4n) is 1.99. The van der Waals surface area contributed by atoms with Gasteiger partial charge in [-0.3, -0.25) is 14.2 Å². The smallest absolute Gasteiger partial charge is 0.261 e. The molecule has 0 aliphatic rings. The normalized spacial score (nSPS) is 11.6. The number of sulfonamides is 2. The van der Waals surface area contributed by atoms with Crippen LogP contribution in [0.15, 0.2) is 53.4 Å². The van der Waals surface area contributed by atoms with Crippen molar-refractivity contribution in [2.24, 2.45) is 0 Å². The first kappa shape index (κ1) is 18.7. The van der Waals surface area contributed by atoms with Gasteiger partial charge in [0.25, 0.3) is 10.0 Å². The molecule has 0 aromatic heterocycles. The van der Waals surface area contributed by atoms with Crippen molar-refractivity contribution in [3.05, 3.63) is 48.5 Å². The van der Waals surface area contributed by atoms with Gasteiger partial charge >= 0.3 is 0 Å². The van der Waals surface area contributed by atoms with Crippen molar-refractivity contribution in [1.82, 2.24) is 0 Å². The number of nitrogens with one attached hydrogen (secondary N) is 3. The minimum absolute atomic E-state index is 0.0317. The van der Waals surface area contributed by atoms with Gasteiger partial charge < -0.3 is 5.32 Å². The molecule has 0 aliphatic heterocycles. The zero-order valence-corrected chi connectivity index (χ0v) is 15.1. The molecule has 0 atom stereocenters. The number of hydrogen-bond donors (Lipinski definition) is 3. The Bertz CT molecular complexity index is 984. The summed E-state index contributed by atoms with van der Waals surface area (Å²) in [5.41, 5.74) is 0.674. The van der Waals surface area contributed by atoms with Crippen LogP contribution in [0.1, 0.15) is 6.92 Å². The van der Waals surface area contributed by atoms with E-state index < -0.39 is 20.0 Å². The average molecular weight is 383 g/mol. The second-order valence-electron chi connectivity index (χ2n) is 5.23. The van der Waals surface area contributed by atoms with Crippen LogP contribution in [0.2, 0.25) is 0 Å². The molecule has 2 aromatic rings. The Morgan fingerprint density at radius 1 is 0.840 bits per heavy atom. The van der Waals surface area contributed by atoms with E-state index in [0.29, 0.717) is 5.69 Å². The Morgan fingerprint density at radius 3 is 1.84 bits per heavy atom. The van der Waals surface area contributed by atoms with E-state index in [1.54, 1.807) is 12.1 Å². The van der Waals surface area contributed by atoms with Gasteiger partial charge in [-0.25, -0.2) is 16.8 Å². The third-order valence-electron chi connectivity index (χ3n) is 2.95. The van der Waals surface area contributed by atoms with Gasteiger partial charge in [-0.1, -0.05) is 12.1 Å². The van der Waals surface area contributed by atoms with E-state index in [1.165, 1.54) is 43.3 Å². The maximum Gasteiger partial charge on any atom is 0.261 e. The van der Waals surface area contributed by atoms with Crippen molar-refractivity contribution in [2.75, 3.05) is 21.0 Å². The van der Waals surface area contributed by atoms with E-state index in [0.717, 1.165) is 6.26 Å². The van der Waals surface area contributed by atoms with Crippen LogP contribution in [0.25, 0.3) is 0 Å². The first-order valence-electron chi connectivity index (χ1n) is 7.04. The van der Waals surface area contributed by atoms with Crippen molar-refractivity contribution in [1.29, 1.82) is 0 Å². The first-order valence-corrected chi connectivity index (χ1v) is 10.4. The van der Waals surface area contributed by atoms with Gasteiger partial charge in [-0.05, 0) is 36.4 Å². The van der Waals surface area contributed by atoms with Gasteiger partial charge in [0, 0.05) is 12.6 Å². The summed E-state index contributed by atoms with van der Waals surface area (Å²) in [6.07, 6.45) is 0.971. The first-order chi connectivity index (χ1) is 11.6. The summed E-state index contributed by atoms with van der Waals surface area (Å²) in [5.74, 6) is -0.269. The predicted octanol–water partition coefficient (Wildman–Crippen LogP) is 1.82. The van der Waals surface area contributed by atoms with Crippen LogP contribution >= 0.6 is 0 Å². The van der Waals surface area contributed by atoms with Gasteiger partial charge in [-0.15, -0.1) is 0 Å². The molecule has 0 heterocycles. The topological polar surface area (TPSA) is 121 Å². The van der Waals surface area contributed by atoms with E-state index in [9.17, 15) is 21.6 Å². The lowest BCUT2D eigenvalue weighted by atomic mass is 10.3. The van der Waals surface area contributed by atoms with Gasteiger partial charge in [-0.2, -0.15) is 0 Å². The lowest BCUT2D eigenvalue weighted by molar-refractivity contribution is -0.114. The Kier molecular flexibility index (Phi) is 5.33. The van der Waals surface area contributed by atoms with E-state index in [-0.39, 0.29) is 22.2 Å². The van der Waals surface area contributed by atoms with Crippen LogP contribution in [0.5, 0.6) is 0 Å². The number of amides is 1. The summed E-state index contributed by atoms with van der Waals surface area (Å²) in [6.45, 7) is 1.35. The van der Waals surface area contributed by atoms with Crippen LogP contribution < -0.4 is 14.8 Å². The number of carbonyl (C=O) groups excluding carboxylic acids is 1. The highest BCUT2D eigenvalue weighted by Gasteiger charge is 2.17. The quantitative estimate of drug-likeness (QED) is 0.702. The minimum Gasteiger partial charge on any atom is -0.326 e. The third-order valence-corrected chi connectivity index (χ3v) is 4.92. The minimum atomic E-state index is -3.93. The van der Waals surface area contributed by atoms with Crippen molar-refractivity contribution in [3.8, 4) is 0 Å². The zero-order chi connectivity index (χ0) is 18.7. The van der Waals surface area contributed by atoms with Crippen LogP contribution in [0.4, 0.5) is 17.1 Å². The molecule has 25 heavy (non-hydrogen) atoms. The summed E-state index contributed by atoms with van der Waals surface area (Å²) in [7, 11) is -7.50. The second kappa shape index (κ2) is 7.11. The number of carbonyl (C=O) groups is 1. The maximum atomic E-state index is 12.5. The molecule has 0 aliphatic carbocycles. The van der Waals surface area contributed by atoms with Crippen LogP contribution in [0.3, 0.4) is 0 Å². The Hall–Kier alpha value is -2.59. The molecule has 0 saturated heterocycles. The van der Waals surface area contributed by atoms with Gasteiger partial charge in [0.1, 0.15) is 0 Å². The lowest BCUT2D eigenvalue weighted by Gasteiger charge is -2.13. The molecule has 10 heteroatoms. The number of para-hydroxylation sites is 2. The molecule has 0 saturated carbocycles. The average Bonchev–Trinajstić information content (AvgIpc) is 2.47. The van der Waals surface area contributed by atoms with E-state index in [1.807, 2.05) is 0 Å². The van der Waals surface area contributed by atoms with E-state index in [4.69, 9.17) is 0 Å². The fraction of sp³-hybridized carbons (Fsp3) is 0.133.